The Kier molecular flexibility index (Phi) is 6.31. The number of hydrogen-bond acceptors (Lipinski definition) is 6. The van der Waals surface area contributed by atoms with Crippen LogP contribution >= 0.6 is 0 Å². The van der Waals surface area contributed by atoms with Crippen LogP contribution in [0.2, 0.25) is 0 Å². The highest BCUT2D eigenvalue weighted by atomic mass is 16.5. The number of hydrogen-bond donors (Lipinski definition) is 2. The fourth-order valence-corrected chi connectivity index (χ4v) is 3.36. The van der Waals surface area contributed by atoms with Crippen molar-refractivity contribution in [3.05, 3.63) is 24.3 Å². The normalized spacial score (nSPS) is 23.5. The molecule has 2 atom stereocenters. The second-order valence-electron chi connectivity index (χ2n) is 6.60. The Hall–Kier alpha value is -1.34. The fraction of sp³-hybridized carbons (Fsp3) is 0.667. The van der Waals surface area contributed by atoms with Crippen molar-refractivity contribution in [1.29, 1.82) is 0 Å². The quantitative estimate of drug-likeness (QED) is 0.777. The molecule has 2 N–H and O–H groups in total. The number of aliphatic hydroxyl groups excluding tert-OH is 1. The summed E-state index contributed by atoms with van der Waals surface area (Å²) in [5.41, 5.74) is 0.887. The number of piperazine rings is 1. The number of nitrogens with zero attached hydrogens (tertiary/aromatic N) is 2. The lowest BCUT2D eigenvalue weighted by atomic mass is 10.2. The molecule has 0 spiro atoms. The lowest BCUT2D eigenvalue weighted by molar-refractivity contribution is -0.0254. The van der Waals surface area contributed by atoms with E-state index in [1.807, 2.05) is 18.2 Å². The van der Waals surface area contributed by atoms with E-state index in [0.29, 0.717) is 25.5 Å². The van der Waals surface area contributed by atoms with Crippen LogP contribution in [-0.4, -0.2) is 79.9 Å². The summed E-state index contributed by atoms with van der Waals surface area (Å²) in [6.07, 6.45) is 1.91. The molecule has 2 fully saturated rings. The summed E-state index contributed by atoms with van der Waals surface area (Å²) in [5.74, 6) is 0.327. The van der Waals surface area contributed by atoms with Gasteiger partial charge in [0.1, 0.15) is 5.75 Å². The molecule has 24 heavy (non-hydrogen) atoms. The van der Waals surface area contributed by atoms with Gasteiger partial charge >= 0.3 is 0 Å². The number of benzene rings is 1. The van der Waals surface area contributed by atoms with Crippen molar-refractivity contribution >= 4 is 5.69 Å². The fourth-order valence-electron chi connectivity index (χ4n) is 3.36. The van der Waals surface area contributed by atoms with E-state index in [4.69, 9.17) is 9.47 Å². The zero-order valence-electron chi connectivity index (χ0n) is 14.1. The lowest BCUT2D eigenvalue weighted by Gasteiger charge is -2.37. The van der Waals surface area contributed by atoms with Crippen LogP contribution in [0.15, 0.2) is 24.3 Å². The monoisotopic (exact) mass is 336 g/mol. The van der Waals surface area contributed by atoms with E-state index in [9.17, 15) is 10.2 Å². The van der Waals surface area contributed by atoms with Gasteiger partial charge in [0.2, 0.25) is 0 Å². The molecule has 0 radical (unpaired) electrons. The van der Waals surface area contributed by atoms with Crippen molar-refractivity contribution in [3.8, 4) is 5.75 Å². The SMILES string of the molecule is Oc1ccccc1N1CCN(C[C@@H](O)COC[C@H]2CCCO2)CC1. The Morgan fingerprint density at radius 3 is 2.71 bits per heavy atom. The van der Waals surface area contributed by atoms with E-state index in [2.05, 4.69) is 9.80 Å². The lowest BCUT2D eigenvalue weighted by Crippen LogP contribution is -2.49. The van der Waals surface area contributed by atoms with Crippen LogP contribution in [0.4, 0.5) is 5.69 Å². The smallest absolute Gasteiger partial charge is 0.138 e. The van der Waals surface area contributed by atoms with E-state index in [1.165, 1.54) is 0 Å². The summed E-state index contributed by atoms with van der Waals surface area (Å²) in [6.45, 7) is 5.84. The van der Waals surface area contributed by atoms with E-state index < -0.39 is 6.10 Å². The van der Waals surface area contributed by atoms with Crippen LogP contribution in [0, 0.1) is 0 Å². The van der Waals surface area contributed by atoms with Crippen LogP contribution in [0.25, 0.3) is 0 Å². The Labute approximate surface area is 143 Å². The Bertz CT molecular complexity index is 500. The zero-order chi connectivity index (χ0) is 16.8. The third-order valence-corrected chi connectivity index (χ3v) is 4.70. The maximum atomic E-state index is 10.1. The van der Waals surface area contributed by atoms with Gasteiger partial charge in [0.15, 0.2) is 0 Å². The molecule has 6 nitrogen and oxygen atoms in total. The van der Waals surface area contributed by atoms with Gasteiger partial charge in [0.05, 0.1) is 31.1 Å². The Morgan fingerprint density at radius 1 is 1.21 bits per heavy atom. The maximum absolute atomic E-state index is 10.1. The number of ether oxygens (including phenoxy) is 2. The minimum Gasteiger partial charge on any atom is -0.506 e. The number of anilines is 1. The summed E-state index contributed by atoms with van der Waals surface area (Å²) in [5, 5.41) is 20.1. The Morgan fingerprint density at radius 2 is 2.00 bits per heavy atom. The Balaban J connectivity index is 1.35. The van der Waals surface area contributed by atoms with Gasteiger partial charge in [0.25, 0.3) is 0 Å². The van der Waals surface area contributed by atoms with Crippen LogP contribution in [0.1, 0.15) is 12.8 Å². The number of rotatable bonds is 7. The molecular formula is C18H28N2O4. The number of aliphatic hydroxyl groups is 1. The molecule has 0 bridgehead atoms. The molecule has 3 rings (SSSR count). The molecule has 0 aromatic heterocycles. The van der Waals surface area contributed by atoms with Gasteiger partial charge in [-0.3, -0.25) is 4.90 Å². The summed E-state index contributed by atoms with van der Waals surface area (Å²) in [6, 6.07) is 7.44. The second kappa shape index (κ2) is 8.67. The molecule has 2 aliphatic rings. The van der Waals surface area contributed by atoms with Gasteiger partial charge in [-0.15, -0.1) is 0 Å². The number of para-hydroxylation sites is 2. The highest BCUT2D eigenvalue weighted by molar-refractivity contribution is 5.57. The highest BCUT2D eigenvalue weighted by Gasteiger charge is 2.21. The van der Waals surface area contributed by atoms with Crippen molar-refractivity contribution in [1.82, 2.24) is 4.90 Å². The first-order valence-electron chi connectivity index (χ1n) is 8.85. The average Bonchev–Trinajstić information content (AvgIpc) is 3.10. The topological polar surface area (TPSA) is 65.4 Å². The number of β-amino-alcohol motifs (C(OH)–C–C–N with tert-alkyl or cyclic N) is 1. The van der Waals surface area contributed by atoms with Crippen molar-refractivity contribution in [2.45, 2.75) is 25.0 Å². The van der Waals surface area contributed by atoms with Gasteiger partial charge in [0, 0.05) is 39.3 Å². The largest absolute Gasteiger partial charge is 0.506 e. The molecule has 2 saturated heterocycles. The summed E-state index contributed by atoms with van der Waals surface area (Å²) in [4.78, 5) is 4.43. The molecule has 0 amide bonds. The van der Waals surface area contributed by atoms with Gasteiger partial charge in [-0.05, 0) is 25.0 Å². The van der Waals surface area contributed by atoms with Gasteiger partial charge < -0.3 is 24.6 Å². The predicted molar refractivity (Wildman–Crippen MR) is 92.6 cm³/mol. The van der Waals surface area contributed by atoms with Crippen LogP contribution in [-0.2, 0) is 9.47 Å². The second-order valence-corrected chi connectivity index (χ2v) is 6.60. The van der Waals surface area contributed by atoms with Gasteiger partial charge in [-0.2, -0.15) is 0 Å². The molecule has 0 saturated carbocycles. The van der Waals surface area contributed by atoms with Crippen molar-refractivity contribution in [3.63, 3.8) is 0 Å². The van der Waals surface area contributed by atoms with E-state index in [0.717, 1.165) is 51.3 Å². The highest BCUT2D eigenvalue weighted by Crippen LogP contribution is 2.27. The minimum atomic E-state index is -0.469. The predicted octanol–water partition coefficient (Wildman–Crippen LogP) is 1.07. The van der Waals surface area contributed by atoms with Crippen molar-refractivity contribution in [2.75, 3.05) is 57.4 Å². The number of phenols is 1. The first-order chi connectivity index (χ1) is 11.7. The molecule has 0 unspecified atom stereocenters. The van der Waals surface area contributed by atoms with Gasteiger partial charge in [-0.25, -0.2) is 0 Å². The third-order valence-electron chi connectivity index (χ3n) is 4.70. The minimum absolute atomic E-state index is 0.208. The summed E-state index contributed by atoms with van der Waals surface area (Å²) >= 11 is 0. The van der Waals surface area contributed by atoms with E-state index in [1.54, 1.807) is 6.07 Å². The van der Waals surface area contributed by atoms with Crippen LogP contribution in [0.3, 0.4) is 0 Å². The first kappa shape index (κ1) is 17.5. The van der Waals surface area contributed by atoms with Crippen LogP contribution in [0.5, 0.6) is 5.75 Å². The number of phenolic OH excluding ortho intramolecular Hbond substituents is 1. The van der Waals surface area contributed by atoms with E-state index in [-0.39, 0.29) is 6.10 Å². The summed E-state index contributed by atoms with van der Waals surface area (Å²) < 4.78 is 11.1. The molecule has 1 aromatic carbocycles. The molecule has 2 aliphatic heterocycles. The molecule has 1 aromatic rings. The van der Waals surface area contributed by atoms with Crippen LogP contribution < -0.4 is 4.90 Å². The van der Waals surface area contributed by atoms with Crippen molar-refractivity contribution in [2.24, 2.45) is 0 Å². The average molecular weight is 336 g/mol. The molecule has 6 heteroatoms. The zero-order valence-corrected chi connectivity index (χ0v) is 14.1. The van der Waals surface area contributed by atoms with Gasteiger partial charge in [-0.1, -0.05) is 12.1 Å². The summed E-state index contributed by atoms with van der Waals surface area (Å²) in [7, 11) is 0. The van der Waals surface area contributed by atoms with Crippen molar-refractivity contribution < 1.29 is 19.7 Å². The first-order valence-corrected chi connectivity index (χ1v) is 8.85. The maximum Gasteiger partial charge on any atom is 0.138 e. The standard InChI is InChI=1S/C18H28N2O4/c21-15(13-23-14-16-4-3-11-24-16)12-19-7-9-20(10-8-19)17-5-1-2-6-18(17)22/h1-2,5-6,15-16,21-22H,3-4,7-14H2/t15-,16-/m1/s1. The molecule has 2 heterocycles. The van der Waals surface area contributed by atoms with E-state index >= 15 is 0 Å². The molecule has 134 valence electrons. The third kappa shape index (κ3) is 4.83. The molecule has 0 aliphatic carbocycles. The number of aromatic hydroxyl groups is 1. The molecular weight excluding hydrogens is 308 g/mol.